The summed E-state index contributed by atoms with van der Waals surface area (Å²) < 4.78 is 36.9. The summed E-state index contributed by atoms with van der Waals surface area (Å²) in [4.78, 5) is 2.32. The van der Waals surface area contributed by atoms with Crippen LogP contribution in [0.15, 0.2) is 58.5 Å². The van der Waals surface area contributed by atoms with Gasteiger partial charge in [0, 0.05) is 0 Å². The number of hydrogen-bond acceptors (Lipinski definition) is 3. The molecule has 0 bridgehead atoms. The van der Waals surface area contributed by atoms with Crippen molar-refractivity contribution in [1.82, 2.24) is 4.83 Å². The second kappa shape index (κ2) is 6.05. The summed E-state index contributed by atoms with van der Waals surface area (Å²) in [7, 11) is -3.70. The highest BCUT2D eigenvalue weighted by Crippen LogP contribution is 2.10. The van der Waals surface area contributed by atoms with Gasteiger partial charge in [-0.05, 0) is 43.7 Å². The fourth-order valence-corrected chi connectivity index (χ4v) is 2.51. The molecule has 0 aliphatic carbocycles. The molecular weight excluding hydrogens is 291 g/mol. The van der Waals surface area contributed by atoms with Crippen LogP contribution in [0.1, 0.15) is 18.1 Å². The van der Waals surface area contributed by atoms with Crippen molar-refractivity contribution in [3.05, 3.63) is 65.5 Å². The SMILES string of the molecule is C/C(=N/NS(=O)(=O)c1ccc(C)cc1)c1ccc(F)cc1. The zero-order chi connectivity index (χ0) is 15.5. The van der Waals surface area contributed by atoms with Gasteiger partial charge >= 0.3 is 0 Å². The number of hydrogen-bond donors (Lipinski definition) is 1. The summed E-state index contributed by atoms with van der Waals surface area (Å²) in [6.45, 7) is 3.52. The van der Waals surface area contributed by atoms with Crippen molar-refractivity contribution in [2.24, 2.45) is 5.10 Å². The highest BCUT2D eigenvalue weighted by Gasteiger charge is 2.12. The molecular formula is C15H15FN2O2S. The van der Waals surface area contributed by atoms with Crippen LogP contribution in [-0.4, -0.2) is 14.1 Å². The largest absolute Gasteiger partial charge is 0.276 e. The van der Waals surface area contributed by atoms with Gasteiger partial charge in [0.05, 0.1) is 10.6 Å². The monoisotopic (exact) mass is 306 g/mol. The van der Waals surface area contributed by atoms with E-state index in [4.69, 9.17) is 0 Å². The number of sulfonamides is 1. The van der Waals surface area contributed by atoms with Crippen molar-refractivity contribution >= 4 is 15.7 Å². The molecule has 0 saturated heterocycles. The van der Waals surface area contributed by atoms with Gasteiger partial charge in [-0.25, -0.2) is 4.39 Å². The Balaban J connectivity index is 2.18. The Morgan fingerprint density at radius 2 is 1.62 bits per heavy atom. The molecule has 0 unspecified atom stereocenters. The maximum atomic E-state index is 12.8. The molecule has 0 aliphatic heterocycles. The first-order valence-electron chi connectivity index (χ1n) is 6.27. The van der Waals surface area contributed by atoms with Crippen molar-refractivity contribution in [2.45, 2.75) is 18.7 Å². The van der Waals surface area contributed by atoms with Crippen molar-refractivity contribution in [3.8, 4) is 0 Å². The van der Waals surface area contributed by atoms with Crippen LogP contribution in [0.5, 0.6) is 0 Å². The number of aryl methyl sites for hydroxylation is 1. The maximum absolute atomic E-state index is 12.8. The quantitative estimate of drug-likeness (QED) is 0.697. The maximum Gasteiger partial charge on any atom is 0.276 e. The van der Waals surface area contributed by atoms with Crippen LogP contribution in [0.3, 0.4) is 0 Å². The van der Waals surface area contributed by atoms with Crippen molar-refractivity contribution in [1.29, 1.82) is 0 Å². The molecule has 0 heterocycles. The van der Waals surface area contributed by atoms with E-state index in [9.17, 15) is 12.8 Å². The fourth-order valence-electron chi connectivity index (χ4n) is 1.65. The number of nitrogens with one attached hydrogen (secondary N) is 1. The highest BCUT2D eigenvalue weighted by molar-refractivity contribution is 7.89. The molecule has 2 aromatic carbocycles. The molecule has 0 aromatic heterocycles. The second-order valence-electron chi connectivity index (χ2n) is 4.61. The molecule has 1 N–H and O–H groups in total. The topological polar surface area (TPSA) is 58.5 Å². The number of benzene rings is 2. The molecule has 4 nitrogen and oxygen atoms in total. The molecule has 110 valence electrons. The van der Waals surface area contributed by atoms with E-state index in [-0.39, 0.29) is 10.7 Å². The van der Waals surface area contributed by atoms with Gasteiger partial charge in [-0.15, -0.1) is 0 Å². The number of rotatable bonds is 4. The number of halogens is 1. The Hall–Kier alpha value is -2.21. The molecule has 0 aliphatic rings. The lowest BCUT2D eigenvalue weighted by molar-refractivity contribution is 0.584. The smallest absolute Gasteiger partial charge is 0.207 e. The Bertz CT molecular complexity index is 751. The van der Waals surface area contributed by atoms with Gasteiger partial charge in [0.25, 0.3) is 10.0 Å². The zero-order valence-electron chi connectivity index (χ0n) is 11.7. The van der Waals surface area contributed by atoms with E-state index in [2.05, 4.69) is 9.93 Å². The van der Waals surface area contributed by atoms with E-state index in [0.717, 1.165) is 5.56 Å². The van der Waals surface area contributed by atoms with Crippen molar-refractivity contribution < 1.29 is 12.8 Å². The molecule has 0 atom stereocenters. The third-order valence-electron chi connectivity index (χ3n) is 2.93. The van der Waals surface area contributed by atoms with Crippen LogP contribution in [0.25, 0.3) is 0 Å². The normalized spacial score (nSPS) is 12.2. The Kier molecular flexibility index (Phi) is 4.37. The van der Waals surface area contributed by atoms with Crippen molar-refractivity contribution in [2.75, 3.05) is 0 Å². The minimum absolute atomic E-state index is 0.142. The lowest BCUT2D eigenvalue weighted by atomic mass is 10.1. The standard InChI is InChI=1S/C15H15FN2O2S/c1-11-3-9-15(10-4-11)21(19,20)18-17-12(2)13-5-7-14(16)8-6-13/h3-10,18H,1-2H3/b17-12-. The Labute approximate surface area is 123 Å². The fraction of sp³-hybridized carbons (Fsp3) is 0.133. The van der Waals surface area contributed by atoms with Crippen LogP contribution in [-0.2, 0) is 10.0 Å². The number of hydrazone groups is 1. The number of nitrogens with zero attached hydrogens (tertiary/aromatic N) is 1. The second-order valence-corrected chi connectivity index (χ2v) is 6.27. The summed E-state index contributed by atoms with van der Waals surface area (Å²) in [5.41, 5.74) is 2.06. The first-order chi connectivity index (χ1) is 9.88. The van der Waals surface area contributed by atoms with Crippen LogP contribution >= 0.6 is 0 Å². The van der Waals surface area contributed by atoms with Gasteiger partial charge in [-0.3, -0.25) is 0 Å². The van der Waals surface area contributed by atoms with Gasteiger partial charge in [0.15, 0.2) is 0 Å². The van der Waals surface area contributed by atoms with E-state index in [1.165, 1.54) is 36.4 Å². The Morgan fingerprint density at radius 1 is 1.05 bits per heavy atom. The zero-order valence-corrected chi connectivity index (χ0v) is 12.5. The first kappa shape index (κ1) is 15.2. The van der Waals surface area contributed by atoms with Gasteiger partial charge in [0.1, 0.15) is 5.82 Å². The van der Waals surface area contributed by atoms with E-state index >= 15 is 0 Å². The predicted molar refractivity (Wildman–Crippen MR) is 80.1 cm³/mol. The summed E-state index contributed by atoms with van der Waals surface area (Å²) in [6, 6.07) is 12.1. The van der Waals surface area contributed by atoms with E-state index in [1.807, 2.05) is 6.92 Å². The molecule has 2 rings (SSSR count). The molecule has 2 aromatic rings. The van der Waals surface area contributed by atoms with E-state index in [0.29, 0.717) is 11.3 Å². The lowest BCUT2D eigenvalue weighted by Gasteiger charge is -2.05. The first-order valence-corrected chi connectivity index (χ1v) is 7.75. The molecule has 6 heteroatoms. The molecule has 0 fully saturated rings. The third-order valence-corrected chi connectivity index (χ3v) is 4.15. The van der Waals surface area contributed by atoms with Gasteiger partial charge in [-0.1, -0.05) is 29.8 Å². The Morgan fingerprint density at radius 3 is 2.19 bits per heavy atom. The molecule has 21 heavy (non-hydrogen) atoms. The predicted octanol–water partition coefficient (Wildman–Crippen LogP) is 2.84. The van der Waals surface area contributed by atoms with Gasteiger partial charge in [-0.2, -0.15) is 18.4 Å². The van der Waals surface area contributed by atoms with Crippen LogP contribution in [0.4, 0.5) is 4.39 Å². The van der Waals surface area contributed by atoms with Crippen LogP contribution in [0.2, 0.25) is 0 Å². The van der Waals surface area contributed by atoms with Crippen LogP contribution in [0, 0.1) is 12.7 Å². The molecule has 0 spiro atoms. The summed E-state index contributed by atoms with van der Waals surface area (Å²) in [5, 5.41) is 3.85. The molecule has 0 radical (unpaired) electrons. The molecule has 0 amide bonds. The molecule has 0 saturated carbocycles. The lowest BCUT2D eigenvalue weighted by Crippen LogP contribution is -2.19. The van der Waals surface area contributed by atoms with Crippen molar-refractivity contribution in [3.63, 3.8) is 0 Å². The summed E-state index contributed by atoms with van der Waals surface area (Å²) in [5.74, 6) is -0.355. The van der Waals surface area contributed by atoms with Gasteiger partial charge in [0.2, 0.25) is 0 Å². The van der Waals surface area contributed by atoms with E-state index in [1.54, 1.807) is 19.1 Å². The highest BCUT2D eigenvalue weighted by atomic mass is 32.2. The summed E-state index contributed by atoms with van der Waals surface area (Å²) in [6.07, 6.45) is 0. The minimum atomic E-state index is -3.70. The third kappa shape index (κ3) is 3.88. The average molecular weight is 306 g/mol. The minimum Gasteiger partial charge on any atom is -0.207 e. The summed E-state index contributed by atoms with van der Waals surface area (Å²) >= 11 is 0. The average Bonchev–Trinajstić information content (AvgIpc) is 2.46. The van der Waals surface area contributed by atoms with E-state index < -0.39 is 10.0 Å². The van der Waals surface area contributed by atoms with Crippen LogP contribution < -0.4 is 4.83 Å². The van der Waals surface area contributed by atoms with Gasteiger partial charge < -0.3 is 0 Å².